The van der Waals surface area contributed by atoms with Crippen LogP contribution in [0.25, 0.3) is 0 Å². The second-order valence-corrected chi connectivity index (χ2v) is 12.2. The standard InChI is InChI=1S/C28H36ClN9OS/c1-18-4-3-5-22(29)26(18)35-27(39)23-17-31-28(40-23)34-24-14-25(33-19(2)32-24)38-12-10-37(11-13-38)20-6-8-36(9-7-20)21-15-30-16-21/h3-5,14,17,20-21,30H,6-13,15-16H2,1-2H3,(H,35,39)(H,31,32,33,34). The Morgan fingerprint density at radius 2 is 1.77 bits per heavy atom. The van der Waals surface area contributed by atoms with Crippen molar-refractivity contribution in [3.8, 4) is 0 Å². The summed E-state index contributed by atoms with van der Waals surface area (Å²) in [5.74, 6) is 2.05. The van der Waals surface area contributed by atoms with E-state index in [1.54, 1.807) is 12.3 Å². The van der Waals surface area contributed by atoms with Gasteiger partial charge in [-0.25, -0.2) is 15.0 Å². The van der Waals surface area contributed by atoms with E-state index in [2.05, 4.69) is 40.6 Å². The lowest BCUT2D eigenvalue weighted by molar-refractivity contribution is 0.0630. The number of carbonyl (C=O) groups is 1. The molecule has 0 spiro atoms. The van der Waals surface area contributed by atoms with Crippen molar-refractivity contribution >= 4 is 51.3 Å². The van der Waals surface area contributed by atoms with Crippen molar-refractivity contribution in [2.24, 2.45) is 0 Å². The zero-order valence-electron chi connectivity index (χ0n) is 23.0. The number of halogens is 1. The molecular weight excluding hydrogens is 546 g/mol. The Morgan fingerprint density at radius 3 is 2.48 bits per heavy atom. The molecule has 2 aromatic heterocycles. The normalized spacial score (nSPS) is 19.4. The highest BCUT2D eigenvalue weighted by Gasteiger charge is 2.32. The van der Waals surface area contributed by atoms with Crippen LogP contribution in [0, 0.1) is 13.8 Å². The first-order chi connectivity index (χ1) is 19.4. The Bertz CT molecular complexity index is 1330. The molecule has 0 aliphatic carbocycles. The van der Waals surface area contributed by atoms with Gasteiger partial charge in [0.1, 0.15) is 22.3 Å². The minimum absolute atomic E-state index is 0.245. The Morgan fingerprint density at radius 1 is 1.02 bits per heavy atom. The van der Waals surface area contributed by atoms with E-state index in [-0.39, 0.29) is 5.91 Å². The first kappa shape index (κ1) is 27.3. The van der Waals surface area contributed by atoms with Gasteiger partial charge in [0.15, 0.2) is 5.13 Å². The van der Waals surface area contributed by atoms with Crippen LogP contribution in [0.4, 0.5) is 22.5 Å². The zero-order valence-corrected chi connectivity index (χ0v) is 24.6. The van der Waals surface area contributed by atoms with Gasteiger partial charge in [0.2, 0.25) is 0 Å². The first-order valence-electron chi connectivity index (χ1n) is 14.0. The van der Waals surface area contributed by atoms with Gasteiger partial charge < -0.3 is 20.9 Å². The number of hydrogen-bond acceptors (Lipinski definition) is 10. The van der Waals surface area contributed by atoms with Crippen molar-refractivity contribution in [1.82, 2.24) is 30.1 Å². The van der Waals surface area contributed by atoms with Gasteiger partial charge in [-0.2, -0.15) is 0 Å². The fraction of sp³-hybridized carbons (Fsp3) is 0.500. The van der Waals surface area contributed by atoms with E-state index in [1.807, 2.05) is 32.0 Å². The number of nitrogens with zero attached hydrogens (tertiary/aromatic N) is 6. The van der Waals surface area contributed by atoms with Crippen LogP contribution in [0.1, 0.15) is 33.9 Å². The van der Waals surface area contributed by atoms with Gasteiger partial charge in [-0.15, -0.1) is 0 Å². The van der Waals surface area contributed by atoms with Crippen molar-refractivity contribution in [3.05, 3.63) is 51.7 Å². The molecule has 3 saturated heterocycles. The highest BCUT2D eigenvalue weighted by atomic mass is 35.5. The van der Waals surface area contributed by atoms with Crippen molar-refractivity contribution in [2.75, 3.05) is 67.9 Å². The molecule has 3 aliphatic rings. The number of piperazine rings is 1. The van der Waals surface area contributed by atoms with Crippen molar-refractivity contribution in [1.29, 1.82) is 0 Å². The molecule has 3 N–H and O–H groups in total. The number of para-hydroxylation sites is 1. The average Bonchev–Trinajstić information content (AvgIpc) is 3.39. The van der Waals surface area contributed by atoms with Gasteiger partial charge in [-0.3, -0.25) is 14.6 Å². The second kappa shape index (κ2) is 12.0. The highest BCUT2D eigenvalue weighted by molar-refractivity contribution is 7.17. The molecule has 0 atom stereocenters. The maximum Gasteiger partial charge on any atom is 0.267 e. The van der Waals surface area contributed by atoms with E-state index in [9.17, 15) is 4.79 Å². The molecule has 5 heterocycles. The molecule has 0 saturated carbocycles. The molecule has 3 fully saturated rings. The predicted octanol–water partition coefficient (Wildman–Crippen LogP) is 3.76. The summed E-state index contributed by atoms with van der Waals surface area (Å²) in [4.78, 5) is 34.7. The van der Waals surface area contributed by atoms with E-state index in [4.69, 9.17) is 16.6 Å². The average molecular weight is 582 g/mol. The molecule has 0 radical (unpaired) electrons. The van der Waals surface area contributed by atoms with Gasteiger partial charge in [0.25, 0.3) is 5.91 Å². The monoisotopic (exact) mass is 581 g/mol. The lowest BCUT2D eigenvalue weighted by atomic mass is 9.99. The fourth-order valence-corrected chi connectivity index (χ4v) is 6.74. The quantitative estimate of drug-likeness (QED) is 0.385. The molecule has 12 heteroatoms. The molecule has 1 aromatic carbocycles. The number of aryl methyl sites for hydroxylation is 2. The summed E-state index contributed by atoms with van der Waals surface area (Å²) < 4.78 is 0. The van der Waals surface area contributed by atoms with Crippen LogP contribution in [-0.2, 0) is 0 Å². The van der Waals surface area contributed by atoms with E-state index in [0.717, 1.165) is 56.7 Å². The number of hydrogen-bond donors (Lipinski definition) is 3. The Hall–Kier alpha value is -2.83. The van der Waals surface area contributed by atoms with Crippen molar-refractivity contribution in [2.45, 2.75) is 38.8 Å². The number of carbonyl (C=O) groups excluding carboxylic acids is 1. The molecule has 40 heavy (non-hydrogen) atoms. The van der Waals surface area contributed by atoms with E-state index in [0.29, 0.717) is 38.4 Å². The molecule has 3 aliphatic heterocycles. The van der Waals surface area contributed by atoms with Crippen LogP contribution >= 0.6 is 22.9 Å². The first-order valence-corrected chi connectivity index (χ1v) is 15.2. The number of piperidine rings is 1. The molecule has 0 unspecified atom stereocenters. The van der Waals surface area contributed by atoms with E-state index < -0.39 is 0 Å². The highest BCUT2D eigenvalue weighted by Crippen LogP contribution is 2.29. The summed E-state index contributed by atoms with van der Waals surface area (Å²) in [7, 11) is 0. The molecular formula is C28H36ClN9OS. The zero-order chi connectivity index (χ0) is 27.6. The predicted molar refractivity (Wildman–Crippen MR) is 161 cm³/mol. The largest absolute Gasteiger partial charge is 0.354 e. The summed E-state index contributed by atoms with van der Waals surface area (Å²) in [5, 5.41) is 10.7. The molecule has 1 amide bonds. The number of rotatable bonds is 7. The number of amides is 1. The van der Waals surface area contributed by atoms with Gasteiger partial charge in [-0.05, 0) is 38.3 Å². The maximum atomic E-state index is 12.8. The van der Waals surface area contributed by atoms with E-state index in [1.165, 1.54) is 37.3 Å². The van der Waals surface area contributed by atoms with Crippen LogP contribution in [0.5, 0.6) is 0 Å². The number of likely N-dealkylation sites (tertiary alicyclic amines) is 1. The molecule has 0 bridgehead atoms. The summed E-state index contributed by atoms with van der Waals surface area (Å²) in [6, 6.07) is 8.95. The van der Waals surface area contributed by atoms with Crippen molar-refractivity contribution in [3.63, 3.8) is 0 Å². The van der Waals surface area contributed by atoms with Crippen LogP contribution < -0.4 is 20.9 Å². The summed E-state index contributed by atoms with van der Waals surface area (Å²) in [6.07, 6.45) is 4.10. The third kappa shape index (κ3) is 6.08. The Labute approximate surface area is 244 Å². The maximum absolute atomic E-state index is 12.8. The van der Waals surface area contributed by atoms with Gasteiger partial charge in [0.05, 0.1) is 16.9 Å². The third-order valence-corrected chi connectivity index (χ3v) is 9.41. The van der Waals surface area contributed by atoms with E-state index >= 15 is 0 Å². The number of nitrogens with one attached hydrogen (secondary N) is 3. The van der Waals surface area contributed by atoms with Gasteiger partial charge in [-0.1, -0.05) is 35.1 Å². The number of anilines is 4. The molecule has 6 rings (SSSR count). The van der Waals surface area contributed by atoms with Crippen molar-refractivity contribution < 1.29 is 4.79 Å². The smallest absolute Gasteiger partial charge is 0.267 e. The number of benzene rings is 1. The Kier molecular flexibility index (Phi) is 8.17. The molecule has 212 valence electrons. The lowest BCUT2D eigenvalue weighted by Gasteiger charge is -2.46. The summed E-state index contributed by atoms with van der Waals surface area (Å²) >= 11 is 7.55. The van der Waals surface area contributed by atoms with Crippen LogP contribution in [-0.4, -0.2) is 95.1 Å². The lowest BCUT2D eigenvalue weighted by Crippen LogP contribution is -2.60. The second-order valence-electron chi connectivity index (χ2n) is 10.8. The van der Waals surface area contributed by atoms with Gasteiger partial charge in [0, 0.05) is 70.5 Å². The summed E-state index contributed by atoms with van der Waals surface area (Å²) in [6.45, 7) is 12.6. The third-order valence-electron chi connectivity index (χ3n) is 8.18. The molecule has 10 nitrogen and oxygen atoms in total. The van der Waals surface area contributed by atoms with Crippen LogP contribution in [0.3, 0.4) is 0 Å². The SMILES string of the molecule is Cc1nc(Nc2ncc(C(=O)Nc3c(C)cccc3Cl)s2)cc(N2CCN(C3CCN(C4CNC4)CC3)CC2)n1. The van der Waals surface area contributed by atoms with Crippen LogP contribution in [0.2, 0.25) is 5.02 Å². The molecule has 3 aromatic rings. The topological polar surface area (TPSA) is 102 Å². The van der Waals surface area contributed by atoms with Crippen LogP contribution in [0.15, 0.2) is 30.5 Å². The minimum atomic E-state index is -0.245. The van der Waals surface area contributed by atoms with Gasteiger partial charge >= 0.3 is 0 Å². The summed E-state index contributed by atoms with van der Waals surface area (Å²) in [5.41, 5.74) is 1.52. The fourth-order valence-electron chi connectivity index (χ4n) is 5.75. The number of aromatic nitrogens is 3. The number of thiazole rings is 1. The Balaban J connectivity index is 1.04. The minimum Gasteiger partial charge on any atom is -0.354 e.